The molecule has 3 aliphatic rings. The van der Waals surface area contributed by atoms with E-state index in [1.165, 1.54) is 11.3 Å². The molecule has 0 radical (unpaired) electrons. The van der Waals surface area contributed by atoms with Crippen molar-refractivity contribution in [2.24, 2.45) is 5.92 Å². The lowest BCUT2D eigenvalue weighted by Crippen LogP contribution is -2.47. The third-order valence-electron chi connectivity index (χ3n) is 5.67. The standard InChI is InChI=1S/C19H20N2O5S2/c22-19(18-2-1-7-27-18)20-15-9-13-8-12(15)11-21(13)28(23,24)14-3-4-16-17(10-14)26-6-5-25-16/h1-4,7,10,12-13,15H,5-6,8-9,11H2,(H,20,22)/t12-,13-,15-/m0/s1. The van der Waals surface area contributed by atoms with Gasteiger partial charge in [-0.15, -0.1) is 11.3 Å². The zero-order valence-electron chi connectivity index (χ0n) is 15.0. The first kappa shape index (κ1) is 18.0. The van der Waals surface area contributed by atoms with Gasteiger partial charge in [-0.3, -0.25) is 4.79 Å². The number of thiophene rings is 1. The highest BCUT2D eigenvalue weighted by Gasteiger charge is 2.50. The smallest absolute Gasteiger partial charge is 0.261 e. The molecule has 2 bridgehead atoms. The molecule has 1 N–H and O–H groups in total. The van der Waals surface area contributed by atoms with Crippen LogP contribution in [-0.4, -0.2) is 50.5 Å². The highest BCUT2D eigenvalue weighted by molar-refractivity contribution is 7.89. The molecule has 1 aromatic carbocycles. The van der Waals surface area contributed by atoms with Crippen molar-refractivity contribution in [2.45, 2.75) is 29.8 Å². The van der Waals surface area contributed by atoms with E-state index in [-0.39, 0.29) is 28.8 Å². The van der Waals surface area contributed by atoms with Crippen molar-refractivity contribution in [3.05, 3.63) is 40.6 Å². The van der Waals surface area contributed by atoms with Crippen LogP contribution >= 0.6 is 11.3 Å². The summed E-state index contributed by atoms with van der Waals surface area (Å²) in [5.41, 5.74) is 0. The summed E-state index contributed by atoms with van der Waals surface area (Å²) in [5.74, 6) is 1.11. The van der Waals surface area contributed by atoms with Crippen molar-refractivity contribution < 1.29 is 22.7 Å². The van der Waals surface area contributed by atoms with Crippen molar-refractivity contribution in [3.63, 3.8) is 0 Å². The third kappa shape index (κ3) is 2.98. The minimum atomic E-state index is -3.61. The van der Waals surface area contributed by atoms with Crippen LogP contribution in [-0.2, 0) is 10.0 Å². The average Bonchev–Trinajstić information content (AvgIpc) is 3.44. The summed E-state index contributed by atoms with van der Waals surface area (Å²) in [4.78, 5) is 13.2. The number of hydrogen-bond donors (Lipinski definition) is 1. The van der Waals surface area contributed by atoms with E-state index in [0.717, 1.165) is 6.42 Å². The molecule has 0 spiro atoms. The predicted octanol–water partition coefficient (Wildman–Crippen LogP) is 2.10. The SMILES string of the molecule is O=C(N[C@H]1C[C@@H]2C[C@H]1CN2S(=O)(=O)c1ccc2c(c1)OCCO2)c1cccs1. The first-order valence-electron chi connectivity index (χ1n) is 9.28. The summed E-state index contributed by atoms with van der Waals surface area (Å²) >= 11 is 1.41. The molecule has 5 rings (SSSR count). The molecular weight excluding hydrogens is 400 g/mol. The zero-order valence-corrected chi connectivity index (χ0v) is 16.7. The molecule has 148 valence electrons. The fourth-order valence-electron chi connectivity index (χ4n) is 4.35. The van der Waals surface area contributed by atoms with E-state index in [9.17, 15) is 13.2 Å². The van der Waals surface area contributed by atoms with E-state index >= 15 is 0 Å². The van der Waals surface area contributed by atoms with E-state index in [1.807, 2.05) is 11.4 Å². The highest BCUT2D eigenvalue weighted by atomic mass is 32.2. The second-order valence-electron chi connectivity index (χ2n) is 7.32. The monoisotopic (exact) mass is 420 g/mol. The number of carbonyl (C=O) groups excluding carboxylic acids is 1. The number of rotatable bonds is 4. The van der Waals surface area contributed by atoms with Gasteiger partial charge in [0.15, 0.2) is 11.5 Å². The molecule has 2 aliphatic heterocycles. The number of nitrogens with one attached hydrogen (secondary N) is 1. The molecular formula is C19H20N2O5S2. The van der Waals surface area contributed by atoms with E-state index in [4.69, 9.17) is 9.47 Å². The first-order valence-corrected chi connectivity index (χ1v) is 11.6. The van der Waals surface area contributed by atoms with Gasteiger partial charge >= 0.3 is 0 Å². The lowest BCUT2D eigenvalue weighted by molar-refractivity contribution is 0.0923. The number of fused-ring (bicyclic) bond motifs is 3. The molecule has 2 fully saturated rings. The zero-order chi connectivity index (χ0) is 19.3. The van der Waals surface area contributed by atoms with Gasteiger partial charge in [0.05, 0.1) is 9.77 Å². The second-order valence-corrected chi connectivity index (χ2v) is 10.2. The molecule has 1 aliphatic carbocycles. The number of hydrogen-bond acceptors (Lipinski definition) is 6. The van der Waals surface area contributed by atoms with E-state index in [1.54, 1.807) is 28.6 Å². The normalized spacial score (nSPS) is 26.4. The molecule has 28 heavy (non-hydrogen) atoms. The Bertz CT molecular complexity index is 1010. The van der Waals surface area contributed by atoms with Gasteiger partial charge in [0.2, 0.25) is 10.0 Å². The Morgan fingerprint density at radius 2 is 1.96 bits per heavy atom. The lowest BCUT2D eigenvalue weighted by atomic mass is 10.0. The maximum Gasteiger partial charge on any atom is 0.261 e. The van der Waals surface area contributed by atoms with Gasteiger partial charge in [0, 0.05) is 24.7 Å². The second kappa shape index (κ2) is 6.75. The van der Waals surface area contributed by atoms with E-state index in [0.29, 0.717) is 42.6 Å². The fraction of sp³-hybridized carbons (Fsp3) is 0.421. The average molecular weight is 421 g/mol. The minimum absolute atomic E-state index is 0.0197. The molecule has 7 nitrogen and oxygen atoms in total. The summed E-state index contributed by atoms with van der Waals surface area (Å²) in [7, 11) is -3.61. The molecule has 9 heteroatoms. The van der Waals surface area contributed by atoms with Gasteiger partial charge in [-0.2, -0.15) is 4.31 Å². The Hall–Kier alpha value is -2.10. The summed E-state index contributed by atoms with van der Waals surface area (Å²) < 4.78 is 38.9. The molecule has 1 saturated carbocycles. The quantitative estimate of drug-likeness (QED) is 0.819. The number of carbonyl (C=O) groups is 1. The molecule has 3 atom stereocenters. The Morgan fingerprint density at radius 1 is 1.14 bits per heavy atom. The van der Waals surface area contributed by atoms with Gasteiger partial charge in [-0.25, -0.2) is 8.42 Å². The summed E-state index contributed by atoms with van der Waals surface area (Å²) in [5, 5.41) is 4.95. The van der Waals surface area contributed by atoms with Crippen LogP contribution in [0.4, 0.5) is 0 Å². The van der Waals surface area contributed by atoms with Crippen LogP contribution in [0.3, 0.4) is 0 Å². The van der Waals surface area contributed by atoms with Crippen molar-refractivity contribution in [1.82, 2.24) is 9.62 Å². The van der Waals surface area contributed by atoms with Gasteiger partial charge in [-0.1, -0.05) is 6.07 Å². The van der Waals surface area contributed by atoms with Gasteiger partial charge < -0.3 is 14.8 Å². The molecule has 2 aromatic rings. The van der Waals surface area contributed by atoms with Gasteiger partial charge in [-0.05, 0) is 42.3 Å². The van der Waals surface area contributed by atoms with Gasteiger partial charge in [0.1, 0.15) is 13.2 Å². The van der Waals surface area contributed by atoms with Crippen molar-refractivity contribution in [1.29, 1.82) is 0 Å². The Kier molecular flexibility index (Phi) is 4.33. The number of amides is 1. The Labute approximate surface area is 167 Å². The summed E-state index contributed by atoms with van der Waals surface area (Å²) in [6, 6.07) is 8.35. The number of benzene rings is 1. The Morgan fingerprint density at radius 3 is 2.68 bits per heavy atom. The summed E-state index contributed by atoms with van der Waals surface area (Å²) in [6.45, 7) is 1.31. The number of sulfonamides is 1. The van der Waals surface area contributed by atoms with Crippen molar-refractivity contribution in [2.75, 3.05) is 19.8 Å². The highest BCUT2D eigenvalue weighted by Crippen LogP contribution is 2.42. The van der Waals surface area contributed by atoms with Crippen LogP contribution in [0.15, 0.2) is 40.6 Å². The topological polar surface area (TPSA) is 84.9 Å². The number of nitrogens with zero attached hydrogens (tertiary/aromatic N) is 1. The number of ether oxygens (including phenoxy) is 2. The van der Waals surface area contributed by atoms with Crippen LogP contribution in [0.1, 0.15) is 22.5 Å². The molecule has 0 unspecified atom stereocenters. The fourth-order valence-corrected chi connectivity index (χ4v) is 6.70. The van der Waals surface area contributed by atoms with Crippen LogP contribution in [0.25, 0.3) is 0 Å². The maximum absolute atomic E-state index is 13.2. The molecule has 3 heterocycles. The first-order chi connectivity index (χ1) is 13.5. The van der Waals surface area contributed by atoms with Crippen molar-refractivity contribution in [3.8, 4) is 11.5 Å². The molecule has 1 amide bonds. The Balaban J connectivity index is 1.31. The molecule has 1 saturated heterocycles. The third-order valence-corrected chi connectivity index (χ3v) is 8.46. The van der Waals surface area contributed by atoms with Crippen LogP contribution in [0.2, 0.25) is 0 Å². The largest absolute Gasteiger partial charge is 0.486 e. The minimum Gasteiger partial charge on any atom is -0.486 e. The summed E-state index contributed by atoms with van der Waals surface area (Å²) in [6.07, 6.45) is 1.42. The van der Waals surface area contributed by atoms with Crippen molar-refractivity contribution >= 4 is 27.3 Å². The van der Waals surface area contributed by atoms with E-state index < -0.39 is 10.0 Å². The number of piperidine rings is 1. The van der Waals surface area contributed by atoms with Crippen LogP contribution in [0.5, 0.6) is 11.5 Å². The predicted molar refractivity (Wildman–Crippen MR) is 103 cm³/mol. The van der Waals surface area contributed by atoms with E-state index in [2.05, 4.69) is 5.32 Å². The lowest BCUT2D eigenvalue weighted by Gasteiger charge is -2.31. The maximum atomic E-state index is 13.2. The van der Waals surface area contributed by atoms with Gasteiger partial charge in [0.25, 0.3) is 5.91 Å². The molecule has 1 aromatic heterocycles. The van der Waals surface area contributed by atoms with Crippen LogP contribution < -0.4 is 14.8 Å². The van der Waals surface area contributed by atoms with Crippen LogP contribution in [0, 0.1) is 5.92 Å².